The van der Waals surface area contributed by atoms with Gasteiger partial charge in [-0.15, -0.1) is 0 Å². The van der Waals surface area contributed by atoms with Crippen LogP contribution in [0.1, 0.15) is 18.1 Å². The van der Waals surface area contributed by atoms with Crippen molar-refractivity contribution in [3.05, 3.63) is 27.1 Å². The van der Waals surface area contributed by atoms with Crippen LogP contribution >= 0.6 is 22.6 Å². The minimum absolute atomic E-state index is 1.08. The number of pyridine rings is 1. The summed E-state index contributed by atoms with van der Waals surface area (Å²) < 4.78 is 1.26. The van der Waals surface area contributed by atoms with Crippen molar-refractivity contribution < 1.29 is 0 Å². The molecule has 0 aromatic carbocycles. The fraction of sp³-hybridized carbons (Fsp3) is 0.375. The zero-order valence-electron chi connectivity index (χ0n) is 6.19. The average molecular weight is 247 g/mol. The molecule has 10 heavy (non-hydrogen) atoms. The minimum Gasteiger partial charge on any atom is -0.263 e. The van der Waals surface area contributed by atoms with Gasteiger partial charge in [0.05, 0.1) is 0 Å². The Balaban J connectivity index is 3.14. The lowest BCUT2D eigenvalue weighted by atomic mass is 10.1. The zero-order chi connectivity index (χ0) is 7.56. The van der Waals surface area contributed by atoms with Gasteiger partial charge in [-0.05, 0) is 47.1 Å². The van der Waals surface area contributed by atoms with Crippen LogP contribution in [0.5, 0.6) is 0 Å². The Labute approximate surface area is 75.0 Å². The maximum absolute atomic E-state index is 4.11. The first-order valence-corrected chi connectivity index (χ1v) is 4.42. The standard InChI is InChI=1S/C8H10IN/c1-3-7-4-10-5-8(9)6(7)2/h4-5H,3H2,1-2H3. The summed E-state index contributed by atoms with van der Waals surface area (Å²) >= 11 is 2.31. The number of nitrogens with zero attached hydrogens (tertiary/aromatic N) is 1. The molecule has 0 spiro atoms. The van der Waals surface area contributed by atoms with Gasteiger partial charge in [-0.25, -0.2) is 0 Å². The van der Waals surface area contributed by atoms with Gasteiger partial charge in [0.15, 0.2) is 0 Å². The quantitative estimate of drug-likeness (QED) is 0.695. The lowest BCUT2D eigenvalue weighted by molar-refractivity contribution is 1.06. The van der Waals surface area contributed by atoms with Gasteiger partial charge in [-0.3, -0.25) is 4.98 Å². The number of aromatic nitrogens is 1. The Morgan fingerprint density at radius 3 is 2.70 bits per heavy atom. The Morgan fingerprint density at radius 1 is 1.50 bits per heavy atom. The van der Waals surface area contributed by atoms with Crippen molar-refractivity contribution in [3.63, 3.8) is 0 Å². The molecule has 0 bridgehead atoms. The van der Waals surface area contributed by atoms with Crippen LogP contribution in [0.2, 0.25) is 0 Å². The van der Waals surface area contributed by atoms with Gasteiger partial charge in [-0.1, -0.05) is 6.92 Å². The van der Waals surface area contributed by atoms with E-state index in [9.17, 15) is 0 Å². The Kier molecular flexibility index (Phi) is 2.65. The number of aryl methyl sites for hydroxylation is 1. The van der Waals surface area contributed by atoms with E-state index in [1.807, 2.05) is 12.4 Å². The van der Waals surface area contributed by atoms with E-state index in [1.54, 1.807) is 0 Å². The molecule has 0 unspecified atom stereocenters. The van der Waals surface area contributed by atoms with Crippen LogP contribution in [-0.2, 0) is 6.42 Å². The van der Waals surface area contributed by atoms with Crippen LogP contribution in [0, 0.1) is 10.5 Å². The van der Waals surface area contributed by atoms with Crippen molar-refractivity contribution in [3.8, 4) is 0 Å². The number of halogens is 1. The predicted molar refractivity (Wildman–Crippen MR) is 51.1 cm³/mol. The third-order valence-corrected chi connectivity index (χ3v) is 2.73. The van der Waals surface area contributed by atoms with E-state index in [0.29, 0.717) is 0 Å². The first-order valence-electron chi connectivity index (χ1n) is 3.34. The van der Waals surface area contributed by atoms with Gasteiger partial charge in [0.1, 0.15) is 0 Å². The second kappa shape index (κ2) is 3.32. The molecule has 54 valence electrons. The molecule has 0 atom stereocenters. The van der Waals surface area contributed by atoms with Crippen LogP contribution in [0.4, 0.5) is 0 Å². The summed E-state index contributed by atoms with van der Waals surface area (Å²) in [5.74, 6) is 0. The van der Waals surface area contributed by atoms with Gasteiger partial charge >= 0.3 is 0 Å². The highest BCUT2D eigenvalue weighted by molar-refractivity contribution is 14.1. The summed E-state index contributed by atoms with van der Waals surface area (Å²) in [5.41, 5.74) is 2.73. The monoisotopic (exact) mass is 247 g/mol. The zero-order valence-corrected chi connectivity index (χ0v) is 8.34. The second-order valence-corrected chi connectivity index (χ2v) is 3.42. The molecule has 0 radical (unpaired) electrons. The topological polar surface area (TPSA) is 12.9 Å². The van der Waals surface area contributed by atoms with Crippen molar-refractivity contribution in [2.24, 2.45) is 0 Å². The minimum atomic E-state index is 1.08. The van der Waals surface area contributed by atoms with Gasteiger partial charge in [0.25, 0.3) is 0 Å². The Morgan fingerprint density at radius 2 is 2.20 bits per heavy atom. The van der Waals surface area contributed by atoms with Crippen LogP contribution in [0.25, 0.3) is 0 Å². The summed E-state index contributed by atoms with van der Waals surface area (Å²) in [6.07, 6.45) is 4.92. The van der Waals surface area contributed by atoms with Crippen molar-refractivity contribution >= 4 is 22.6 Å². The van der Waals surface area contributed by atoms with Gasteiger partial charge in [0.2, 0.25) is 0 Å². The summed E-state index contributed by atoms with van der Waals surface area (Å²) in [7, 11) is 0. The molecule has 0 fully saturated rings. The van der Waals surface area contributed by atoms with Crippen LogP contribution in [0.3, 0.4) is 0 Å². The molecular formula is C8H10IN. The van der Waals surface area contributed by atoms with E-state index in [1.165, 1.54) is 14.7 Å². The second-order valence-electron chi connectivity index (χ2n) is 2.26. The summed E-state index contributed by atoms with van der Waals surface area (Å²) in [4.78, 5) is 4.11. The van der Waals surface area contributed by atoms with Gasteiger partial charge < -0.3 is 0 Å². The van der Waals surface area contributed by atoms with E-state index in [-0.39, 0.29) is 0 Å². The number of rotatable bonds is 1. The summed E-state index contributed by atoms with van der Waals surface area (Å²) in [5, 5.41) is 0. The molecule has 0 amide bonds. The molecule has 1 aromatic rings. The first kappa shape index (κ1) is 7.98. The maximum atomic E-state index is 4.11. The fourth-order valence-corrected chi connectivity index (χ4v) is 1.40. The largest absolute Gasteiger partial charge is 0.263 e. The van der Waals surface area contributed by atoms with E-state index in [2.05, 4.69) is 41.4 Å². The van der Waals surface area contributed by atoms with Crippen LogP contribution in [-0.4, -0.2) is 4.98 Å². The van der Waals surface area contributed by atoms with Crippen LogP contribution in [0.15, 0.2) is 12.4 Å². The third-order valence-electron chi connectivity index (χ3n) is 1.64. The molecule has 0 aliphatic carbocycles. The molecule has 1 heterocycles. The molecule has 0 saturated heterocycles. The lowest BCUT2D eigenvalue weighted by Gasteiger charge is -2.02. The Bertz CT molecular complexity index is 233. The van der Waals surface area contributed by atoms with Gasteiger partial charge in [0, 0.05) is 16.0 Å². The van der Waals surface area contributed by atoms with E-state index >= 15 is 0 Å². The molecule has 1 aromatic heterocycles. The third kappa shape index (κ3) is 1.48. The van der Waals surface area contributed by atoms with Crippen molar-refractivity contribution in [1.82, 2.24) is 4.98 Å². The normalized spacial score (nSPS) is 9.90. The maximum Gasteiger partial charge on any atom is 0.0404 e. The smallest absolute Gasteiger partial charge is 0.0404 e. The van der Waals surface area contributed by atoms with Gasteiger partial charge in [-0.2, -0.15) is 0 Å². The van der Waals surface area contributed by atoms with E-state index < -0.39 is 0 Å². The summed E-state index contributed by atoms with van der Waals surface area (Å²) in [6.45, 7) is 4.29. The predicted octanol–water partition coefficient (Wildman–Crippen LogP) is 2.56. The number of hydrogen-bond donors (Lipinski definition) is 0. The lowest BCUT2D eigenvalue weighted by Crippen LogP contribution is -1.90. The summed E-state index contributed by atoms with van der Waals surface area (Å²) in [6, 6.07) is 0. The fourth-order valence-electron chi connectivity index (χ4n) is 0.896. The van der Waals surface area contributed by atoms with Crippen molar-refractivity contribution in [2.45, 2.75) is 20.3 Å². The molecule has 0 saturated carbocycles. The molecule has 0 N–H and O–H groups in total. The van der Waals surface area contributed by atoms with Crippen molar-refractivity contribution in [1.29, 1.82) is 0 Å². The Hall–Kier alpha value is -0.120. The average Bonchev–Trinajstić information content (AvgIpc) is 1.95. The van der Waals surface area contributed by atoms with E-state index in [0.717, 1.165) is 6.42 Å². The van der Waals surface area contributed by atoms with Crippen molar-refractivity contribution in [2.75, 3.05) is 0 Å². The van der Waals surface area contributed by atoms with Crippen LogP contribution < -0.4 is 0 Å². The molecule has 0 aliphatic rings. The highest BCUT2D eigenvalue weighted by Gasteiger charge is 1.98. The molecular weight excluding hydrogens is 237 g/mol. The SMILES string of the molecule is CCc1cncc(I)c1C. The highest BCUT2D eigenvalue weighted by Crippen LogP contribution is 2.13. The van der Waals surface area contributed by atoms with E-state index in [4.69, 9.17) is 0 Å². The molecule has 0 aliphatic heterocycles. The molecule has 1 rings (SSSR count). The molecule has 2 heteroatoms. The number of hydrogen-bond acceptors (Lipinski definition) is 1. The molecule has 1 nitrogen and oxygen atoms in total. The first-order chi connectivity index (χ1) is 4.75. The highest BCUT2D eigenvalue weighted by atomic mass is 127.